The van der Waals surface area contributed by atoms with E-state index in [0.29, 0.717) is 22.4 Å². The molecule has 2 N–H and O–H groups in total. The smallest absolute Gasteiger partial charge is 0.337 e. The van der Waals surface area contributed by atoms with Crippen molar-refractivity contribution in [1.82, 2.24) is 10.2 Å². The summed E-state index contributed by atoms with van der Waals surface area (Å²) in [6.07, 6.45) is 2.73. The average Bonchev–Trinajstić information content (AvgIpc) is 3.43. The minimum absolute atomic E-state index is 0.165. The van der Waals surface area contributed by atoms with E-state index in [1.54, 1.807) is 12.1 Å². The summed E-state index contributed by atoms with van der Waals surface area (Å²) >= 11 is 0. The SMILES string of the molecule is COC(=O)c1cc(CNC(=O)c2ccc(N3CCN(C)CC3)cc2)cc(NC(=O)c2ccoc2)c1. The summed E-state index contributed by atoms with van der Waals surface area (Å²) < 4.78 is 9.77. The van der Waals surface area contributed by atoms with E-state index in [2.05, 4.69) is 27.5 Å². The monoisotopic (exact) mass is 476 g/mol. The number of esters is 1. The summed E-state index contributed by atoms with van der Waals surface area (Å²) in [4.78, 5) is 41.8. The maximum atomic E-state index is 12.7. The van der Waals surface area contributed by atoms with E-state index in [9.17, 15) is 14.4 Å². The molecule has 2 amide bonds. The van der Waals surface area contributed by atoms with Crippen LogP contribution in [0.3, 0.4) is 0 Å². The lowest BCUT2D eigenvalue weighted by atomic mass is 10.1. The van der Waals surface area contributed by atoms with Gasteiger partial charge in [-0.05, 0) is 61.1 Å². The number of benzene rings is 2. The van der Waals surface area contributed by atoms with Crippen LogP contribution in [0.4, 0.5) is 11.4 Å². The third kappa shape index (κ3) is 6.07. The largest absolute Gasteiger partial charge is 0.472 e. The predicted octanol–water partition coefficient (Wildman–Crippen LogP) is 3.00. The van der Waals surface area contributed by atoms with E-state index in [1.165, 1.54) is 31.8 Å². The molecule has 0 saturated carbocycles. The van der Waals surface area contributed by atoms with E-state index in [4.69, 9.17) is 9.15 Å². The van der Waals surface area contributed by atoms with E-state index >= 15 is 0 Å². The molecule has 0 unspecified atom stereocenters. The predicted molar refractivity (Wildman–Crippen MR) is 132 cm³/mol. The number of piperazine rings is 1. The number of nitrogens with one attached hydrogen (secondary N) is 2. The van der Waals surface area contributed by atoms with Crippen molar-refractivity contribution in [1.29, 1.82) is 0 Å². The molecule has 4 rings (SSSR count). The van der Waals surface area contributed by atoms with Crippen molar-refractivity contribution in [2.45, 2.75) is 6.54 Å². The fraction of sp³-hybridized carbons (Fsp3) is 0.269. The molecule has 35 heavy (non-hydrogen) atoms. The molecule has 1 saturated heterocycles. The number of ether oxygens (including phenoxy) is 1. The Kier molecular flexibility index (Phi) is 7.47. The average molecular weight is 477 g/mol. The number of likely N-dealkylation sites (N-methyl/N-ethyl adjacent to an activating group) is 1. The molecule has 0 aliphatic carbocycles. The van der Waals surface area contributed by atoms with E-state index in [1.807, 2.05) is 24.3 Å². The van der Waals surface area contributed by atoms with Crippen LogP contribution in [0.5, 0.6) is 0 Å². The van der Waals surface area contributed by atoms with Crippen molar-refractivity contribution in [3.8, 4) is 0 Å². The number of hydrogen-bond acceptors (Lipinski definition) is 7. The topological polar surface area (TPSA) is 104 Å². The van der Waals surface area contributed by atoms with Crippen LogP contribution < -0.4 is 15.5 Å². The number of carbonyl (C=O) groups excluding carboxylic acids is 3. The molecule has 0 atom stereocenters. The standard InChI is InChI=1S/C26H28N4O5/c1-29-8-10-30(11-9-29)23-5-3-19(4-6-23)24(31)27-16-18-13-21(26(33)34-2)15-22(14-18)28-25(32)20-7-12-35-17-20/h3-7,12-15,17H,8-11,16H2,1-2H3,(H,27,31)(H,28,32). The lowest BCUT2D eigenvalue weighted by molar-refractivity contribution is 0.0600. The number of methoxy groups -OCH3 is 1. The van der Waals surface area contributed by atoms with Gasteiger partial charge in [0.15, 0.2) is 0 Å². The first kappa shape index (κ1) is 24.0. The molecule has 2 aromatic carbocycles. The molecule has 9 nitrogen and oxygen atoms in total. The zero-order valence-corrected chi connectivity index (χ0v) is 19.7. The highest BCUT2D eigenvalue weighted by Gasteiger charge is 2.16. The molecule has 0 radical (unpaired) electrons. The van der Waals surface area contributed by atoms with Gasteiger partial charge in [0, 0.05) is 49.7 Å². The van der Waals surface area contributed by atoms with Crippen molar-refractivity contribution in [3.63, 3.8) is 0 Å². The van der Waals surface area contributed by atoms with Crippen molar-refractivity contribution < 1.29 is 23.5 Å². The third-order valence-corrected chi connectivity index (χ3v) is 5.91. The molecule has 1 fully saturated rings. The number of carbonyl (C=O) groups is 3. The second-order valence-electron chi connectivity index (χ2n) is 8.40. The van der Waals surface area contributed by atoms with Crippen molar-refractivity contribution in [3.05, 3.63) is 83.3 Å². The molecular weight excluding hydrogens is 448 g/mol. The Morgan fingerprint density at radius 1 is 0.914 bits per heavy atom. The Balaban J connectivity index is 1.42. The van der Waals surface area contributed by atoms with Crippen LogP contribution in [0.25, 0.3) is 0 Å². The van der Waals surface area contributed by atoms with Gasteiger partial charge < -0.3 is 29.6 Å². The summed E-state index contributed by atoms with van der Waals surface area (Å²) in [5.74, 6) is -1.16. The van der Waals surface area contributed by atoms with Crippen molar-refractivity contribution in [2.75, 3.05) is 50.6 Å². The number of hydrogen-bond donors (Lipinski definition) is 2. The van der Waals surface area contributed by atoms with Gasteiger partial charge in [0.25, 0.3) is 11.8 Å². The number of nitrogens with zero attached hydrogens (tertiary/aromatic N) is 2. The van der Waals surface area contributed by atoms with Gasteiger partial charge >= 0.3 is 5.97 Å². The molecule has 0 spiro atoms. The van der Waals surface area contributed by atoms with Crippen LogP contribution in [0.15, 0.2) is 65.5 Å². The van der Waals surface area contributed by atoms with E-state index < -0.39 is 5.97 Å². The molecule has 1 aromatic heterocycles. The summed E-state index contributed by atoms with van der Waals surface area (Å²) in [5.41, 5.74) is 3.29. The fourth-order valence-corrected chi connectivity index (χ4v) is 3.87. The first-order valence-corrected chi connectivity index (χ1v) is 11.3. The highest BCUT2D eigenvalue weighted by molar-refractivity contribution is 6.04. The molecule has 0 bridgehead atoms. The van der Waals surface area contributed by atoms with Gasteiger partial charge in [-0.15, -0.1) is 0 Å². The highest BCUT2D eigenvalue weighted by atomic mass is 16.5. The zero-order valence-electron chi connectivity index (χ0n) is 19.7. The van der Waals surface area contributed by atoms with Gasteiger partial charge in [0.1, 0.15) is 6.26 Å². The Bertz CT molecular complexity index is 1180. The highest BCUT2D eigenvalue weighted by Crippen LogP contribution is 2.19. The summed E-state index contributed by atoms with van der Waals surface area (Å²) in [5, 5.41) is 5.61. The minimum atomic E-state index is -0.545. The van der Waals surface area contributed by atoms with Crippen molar-refractivity contribution >= 4 is 29.2 Å². The molecule has 1 aliphatic rings. The quantitative estimate of drug-likeness (QED) is 0.505. The molecular formula is C26H28N4O5. The van der Waals surface area contributed by atoms with Crippen LogP contribution in [-0.4, -0.2) is 63.0 Å². The molecule has 3 aromatic rings. The third-order valence-electron chi connectivity index (χ3n) is 5.91. The first-order chi connectivity index (χ1) is 16.9. The Morgan fingerprint density at radius 2 is 1.66 bits per heavy atom. The Morgan fingerprint density at radius 3 is 2.31 bits per heavy atom. The van der Waals surface area contributed by atoms with Gasteiger partial charge in [0.05, 0.1) is 24.5 Å². The van der Waals surface area contributed by atoms with Gasteiger partial charge in [-0.1, -0.05) is 0 Å². The van der Waals surface area contributed by atoms with Gasteiger partial charge in [-0.2, -0.15) is 0 Å². The van der Waals surface area contributed by atoms with Crippen LogP contribution in [0.2, 0.25) is 0 Å². The number of furan rings is 1. The lowest BCUT2D eigenvalue weighted by Gasteiger charge is -2.34. The second kappa shape index (κ2) is 10.9. The first-order valence-electron chi connectivity index (χ1n) is 11.3. The van der Waals surface area contributed by atoms with Crippen LogP contribution >= 0.6 is 0 Å². The summed E-state index contributed by atoms with van der Waals surface area (Å²) in [6, 6.07) is 13.9. The second-order valence-corrected chi connectivity index (χ2v) is 8.40. The normalized spacial score (nSPS) is 13.8. The fourth-order valence-electron chi connectivity index (χ4n) is 3.87. The molecule has 2 heterocycles. The number of rotatable bonds is 7. The summed E-state index contributed by atoms with van der Waals surface area (Å²) in [6.45, 7) is 4.10. The lowest BCUT2D eigenvalue weighted by Crippen LogP contribution is -2.44. The Labute approximate surface area is 203 Å². The maximum Gasteiger partial charge on any atom is 0.337 e. The van der Waals surface area contributed by atoms with Crippen LogP contribution in [0, 0.1) is 0 Å². The number of anilines is 2. The maximum absolute atomic E-state index is 12.7. The van der Waals surface area contributed by atoms with E-state index in [-0.39, 0.29) is 23.9 Å². The zero-order chi connectivity index (χ0) is 24.8. The van der Waals surface area contributed by atoms with Crippen molar-refractivity contribution in [2.24, 2.45) is 0 Å². The van der Waals surface area contributed by atoms with E-state index in [0.717, 1.165) is 31.9 Å². The van der Waals surface area contributed by atoms with Gasteiger partial charge in [-0.25, -0.2) is 4.79 Å². The summed E-state index contributed by atoms with van der Waals surface area (Å²) in [7, 11) is 3.40. The van der Waals surface area contributed by atoms with Gasteiger partial charge in [0.2, 0.25) is 0 Å². The minimum Gasteiger partial charge on any atom is -0.472 e. The number of amides is 2. The van der Waals surface area contributed by atoms with Crippen LogP contribution in [0.1, 0.15) is 36.6 Å². The molecule has 182 valence electrons. The van der Waals surface area contributed by atoms with Crippen LogP contribution in [-0.2, 0) is 11.3 Å². The van der Waals surface area contributed by atoms with Gasteiger partial charge in [-0.3, -0.25) is 9.59 Å². The Hall–Kier alpha value is -4.11. The molecule has 9 heteroatoms. The molecule has 1 aliphatic heterocycles.